The van der Waals surface area contributed by atoms with E-state index in [1.54, 1.807) is 0 Å². The summed E-state index contributed by atoms with van der Waals surface area (Å²) in [6.07, 6.45) is 1.99. The van der Waals surface area contributed by atoms with Crippen molar-refractivity contribution in [3.63, 3.8) is 0 Å². The van der Waals surface area contributed by atoms with Crippen LogP contribution in [0.1, 0.15) is 67.0 Å². The maximum absolute atomic E-state index is 13.6. The zero-order chi connectivity index (χ0) is 24.4. The number of hydrogen-bond acceptors (Lipinski definition) is 2. The molecular weight excluding hydrogens is 444 g/mol. The smallest absolute Gasteiger partial charge is 0.254 e. The van der Waals surface area contributed by atoms with E-state index in [0.29, 0.717) is 23.9 Å². The Kier molecular flexibility index (Phi) is 7.13. The first-order chi connectivity index (χ1) is 16.3. The Labute approximate surface area is 207 Å². The molecule has 34 heavy (non-hydrogen) atoms. The van der Waals surface area contributed by atoms with E-state index in [0.717, 1.165) is 41.0 Å². The normalized spacial score (nSPS) is 11.5. The summed E-state index contributed by atoms with van der Waals surface area (Å²) in [5.41, 5.74) is 6.97. The van der Waals surface area contributed by atoms with Crippen molar-refractivity contribution in [3.8, 4) is 5.69 Å². The monoisotopic (exact) mass is 476 g/mol. The van der Waals surface area contributed by atoms with E-state index in [2.05, 4.69) is 62.4 Å². The fourth-order valence-corrected chi connectivity index (χ4v) is 5.02. The number of fused-ring (bicyclic) bond motifs is 1. The summed E-state index contributed by atoms with van der Waals surface area (Å²) in [5.74, 6) is 0.0232. The van der Waals surface area contributed by atoms with Gasteiger partial charge in [-0.1, -0.05) is 31.5 Å². The minimum Gasteiger partial charge on any atom is -0.334 e. The van der Waals surface area contributed by atoms with E-state index in [4.69, 9.17) is 11.6 Å². The topological polar surface area (TPSA) is 43.1 Å². The Hall–Kier alpha value is -3.05. The van der Waals surface area contributed by atoms with Crippen LogP contribution in [0.2, 0.25) is 5.28 Å². The minimum absolute atomic E-state index is 0.0232. The molecule has 178 valence electrons. The van der Waals surface area contributed by atoms with Crippen molar-refractivity contribution in [1.29, 1.82) is 0 Å². The second-order valence-electron chi connectivity index (χ2n) is 9.20. The lowest BCUT2D eigenvalue weighted by Gasteiger charge is -2.23. The van der Waals surface area contributed by atoms with Crippen LogP contribution in [-0.2, 0) is 6.54 Å². The number of hydrogen-bond donors (Lipinski definition) is 0. The predicted molar refractivity (Wildman–Crippen MR) is 140 cm³/mol. The van der Waals surface area contributed by atoms with Gasteiger partial charge in [-0.3, -0.25) is 4.79 Å². The van der Waals surface area contributed by atoms with Crippen molar-refractivity contribution in [3.05, 3.63) is 82.4 Å². The molecule has 0 saturated heterocycles. The number of imidazole rings is 1. The number of aryl methyl sites for hydroxylation is 1. The lowest BCUT2D eigenvalue weighted by Crippen LogP contribution is -2.31. The number of benzene rings is 2. The molecule has 0 atom stereocenters. The molecule has 0 unspecified atom stereocenters. The number of halogens is 1. The van der Waals surface area contributed by atoms with Gasteiger partial charge in [-0.15, -0.1) is 0 Å². The summed E-state index contributed by atoms with van der Waals surface area (Å²) < 4.78 is 4.24. The largest absolute Gasteiger partial charge is 0.334 e. The van der Waals surface area contributed by atoms with Crippen molar-refractivity contribution in [1.82, 2.24) is 19.0 Å². The molecule has 0 bridgehead atoms. The van der Waals surface area contributed by atoms with Gasteiger partial charge in [0, 0.05) is 41.8 Å². The Morgan fingerprint density at radius 1 is 1.09 bits per heavy atom. The zero-order valence-electron chi connectivity index (χ0n) is 20.7. The molecule has 5 nitrogen and oxygen atoms in total. The molecule has 0 spiro atoms. The summed E-state index contributed by atoms with van der Waals surface area (Å²) in [4.78, 5) is 20.1. The van der Waals surface area contributed by atoms with Gasteiger partial charge in [0.1, 0.15) is 0 Å². The standard InChI is InChI=1S/C28H33ClN4O/c1-6-7-15-31(18-23-16-20(4)33(21(23)5)24-11-9-8-10-12-24)27(34)22-13-14-26-25(17-22)30-28(29)32(26)19(2)3/h8-14,16-17,19H,6-7,15,18H2,1-5H3. The fraction of sp³-hybridized carbons (Fsp3) is 0.357. The lowest BCUT2D eigenvalue weighted by molar-refractivity contribution is 0.0740. The van der Waals surface area contributed by atoms with Crippen LogP contribution in [-0.4, -0.2) is 31.5 Å². The average Bonchev–Trinajstić information content (AvgIpc) is 3.30. The van der Waals surface area contributed by atoms with E-state index in [1.807, 2.05) is 45.9 Å². The van der Waals surface area contributed by atoms with Gasteiger partial charge in [0.2, 0.25) is 5.28 Å². The van der Waals surface area contributed by atoms with E-state index in [-0.39, 0.29) is 11.9 Å². The lowest BCUT2D eigenvalue weighted by atomic mass is 10.1. The molecule has 1 amide bonds. The first-order valence-corrected chi connectivity index (χ1v) is 12.4. The Morgan fingerprint density at radius 2 is 1.82 bits per heavy atom. The van der Waals surface area contributed by atoms with E-state index >= 15 is 0 Å². The predicted octanol–water partition coefficient (Wildman–Crippen LogP) is 7.12. The number of nitrogens with zero attached hydrogens (tertiary/aromatic N) is 4. The average molecular weight is 477 g/mol. The fourth-order valence-electron chi connectivity index (χ4n) is 4.65. The summed E-state index contributed by atoms with van der Waals surface area (Å²) in [7, 11) is 0. The van der Waals surface area contributed by atoms with Gasteiger partial charge in [0.05, 0.1) is 11.0 Å². The summed E-state index contributed by atoms with van der Waals surface area (Å²) in [6, 6.07) is 18.5. The quantitative estimate of drug-likeness (QED) is 0.271. The highest BCUT2D eigenvalue weighted by atomic mass is 35.5. The summed E-state index contributed by atoms with van der Waals surface area (Å²) >= 11 is 6.37. The van der Waals surface area contributed by atoms with Crippen LogP contribution in [0.25, 0.3) is 16.7 Å². The number of aromatic nitrogens is 3. The Morgan fingerprint density at radius 3 is 2.50 bits per heavy atom. The number of carbonyl (C=O) groups is 1. The van der Waals surface area contributed by atoms with Gasteiger partial charge in [0.15, 0.2) is 0 Å². The maximum Gasteiger partial charge on any atom is 0.254 e. The molecule has 2 aromatic carbocycles. The van der Waals surface area contributed by atoms with Gasteiger partial charge < -0.3 is 14.0 Å². The molecule has 0 radical (unpaired) electrons. The van der Waals surface area contributed by atoms with Crippen molar-refractivity contribution in [2.75, 3.05) is 6.54 Å². The Bertz CT molecular complexity index is 1300. The van der Waals surface area contributed by atoms with Crippen molar-refractivity contribution in [2.45, 2.75) is 60.0 Å². The van der Waals surface area contributed by atoms with E-state index in [9.17, 15) is 4.79 Å². The Balaban J connectivity index is 1.66. The first-order valence-electron chi connectivity index (χ1n) is 12.0. The molecule has 0 fully saturated rings. The second-order valence-corrected chi connectivity index (χ2v) is 9.53. The van der Waals surface area contributed by atoms with Crippen LogP contribution in [0.3, 0.4) is 0 Å². The number of rotatable bonds is 8. The molecule has 2 heterocycles. The number of para-hydroxylation sites is 1. The zero-order valence-corrected chi connectivity index (χ0v) is 21.4. The maximum atomic E-state index is 13.6. The molecule has 0 aliphatic rings. The molecule has 0 saturated carbocycles. The third-order valence-corrected chi connectivity index (χ3v) is 6.66. The van der Waals surface area contributed by atoms with Gasteiger partial charge in [-0.25, -0.2) is 4.98 Å². The highest BCUT2D eigenvalue weighted by molar-refractivity contribution is 6.29. The van der Waals surface area contributed by atoms with Crippen molar-refractivity contribution in [2.24, 2.45) is 0 Å². The highest BCUT2D eigenvalue weighted by Crippen LogP contribution is 2.27. The molecular formula is C28H33ClN4O. The second kappa shape index (κ2) is 10.1. The van der Waals surface area contributed by atoms with Crippen LogP contribution >= 0.6 is 11.6 Å². The van der Waals surface area contributed by atoms with E-state index in [1.165, 1.54) is 5.56 Å². The van der Waals surface area contributed by atoms with Gasteiger partial charge in [-0.2, -0.15) is 0 Å². The summed E-state index contributed by atoms with van der Waals surface area (Å²) in [5, 5.41) is 0.450. The molecule has 2 aromatic heterocycles. The SMILES string of the molecule is CCCCN(Cc1cc(C)n(-c2ccccc2)c1C)C(=O)c1ccc2c(c1)nc(Cl)n2C(C)C. The van der Waals surface area contributed by atoms with Crippen LogP contribution < -0.4 is 0 Å². The molecule has 4 rings (SSSR count). The van der Waals surface area contributed by atoms with Crippen molar-refractivity contribution < 1.29 is 4.79 Å². The van der Waals surface area contributed by atoms with Crippen molar-refractivity contribution >= 4 is 28.5 Å². The molecule has 4 aromatic rings. The third-order valence-electron chi connectivity index (χ3n) is 6.39. The van der Waals surface area contributed by atoms with Gasteiger partial charge >= 0.3 is 0 Å². The number of carbonyl (C=O) groups excluding carboxylic acids is 1. The van der Waals surface area contributed by atoms with Crippen LogP contribution in [0.5, 0.6) is 0 Å². The van der Waals surface area contributed by atoms with E-state index < -0.39 is 0 Å². The molecule has 0 aliphatic heterocycles. The first kappa shape index (κ1) is 24.1. The van der Waals surface area contributed by atoms with Crippen LogP contribution in [0, 0.1) is 13.8 Å². The third kappa shape index (κ3) is 4.62. The molecule has 0 aliphatic carbocycles. The molecule has 0 N–H and O–H groups in total. The van der Waals surface area contributed by atoms with Crippen LogP contribution in [0.4, 0.5) is 0 Å². The number of unbranched alkanes of at least 4 members (excludes halogenated alkanes) is 1. The van der Waals surface area contributed by atoms with Gasteiger partial charge in [0.25, 0.3) is 5.91 Å². The van der Waals surface area contributed by atoms with Crippen LogP contribution in [0.15, 0.2) is 54.6 Å². The highest BCUT2D eigenvalue weighted by Gasteiger charge is 2.21. The minimum atomic E-state index is 0.0232. The van der Waals surface area contributed by atoms with Gasteiger partial charge in [-0.05, 0) is 87.7 Å². The molecule has 6 heteroatoms. The number of amides is 1. The summed E-state index contributed by atoms with van der Waals surface area (Å²) in [6.45, 7) is 11.8.